The van der Waals surface area contributed by atoms with E-state index in [9.17, 15) is 14.0 Å². The summed E-state index contributed by atoms with van der Waals surface area (Å²) in [6, 6.07) is 6.09. The number of hydrogen-bond donors (Lipinski definition) is 1. The number of carbonyl (C=O) groups excluding carboxylic acids is 2. The monoisotopic (exact) mass is 327 g/mol. The van der Waals surface area contributed by atoms with Crippen LogP contribution in [0.1, 0.15) is 26.3 Å². The number of fused-ring (bicyclic) bond motifs is 1. The van der Waals surface area contributed by atoms with Gasteiger partial charge in [-0.05, 0) is 30.7 Å². The molecule has 3 rings (SSSR count). The Kier molecular flexibility index (Phi) is 3.99. The number of aromatic nitrogens is 2. The second-order valence-electron chi connectivity index (χ2n) is 5.23. The van der Waals surface area contributed by atoms with Crippen molar-refractivity contribution in [3.05, 3.63) is 59.3 Å². The van der Waals surface area contributed by atoms with Crippen LogP contribution in [0.2, 0.25) is 0 Å². The van der Waals surface area contributed by atoms with Crippen LogP contribution in [0.5, 0.6) is 0 Å². The van der Waals surface area contributed by atoms with Gasteiger partial charge in [-0.25, -0.2) is 14.2 Å². The number of esters is 1. The molecule has 0 unspecified atom stereocenters. The van der Waals surface area contributed by atoms with Crippen LogP contribution in [-0.2, 0) is 4.74 Å². The Hall–Kier alpha value is -3.22. The van der Waals surface area contributed by atoms with Gasteiger partial charge in [-0.1, -0.05) is 6.07 Å². The number of halogens is 1. The van der Waals surface area contributed by atoms with Crippen molar-refractivity contribution in [2.75, 3.05) is 12.4 Å². The SMILES string of the molecule is COC(=O)c1cc(C=O)c2cncn2c1Nc1ccc(C)cc1F. The smallest absolute Gasteiger partial charge is 0.341 e. The minimum atomic E-state index is -0.649. The molecule has 0 aliphatic rings. The molecule has 2 heterocycles. The van der Waals surface area contributed by atoms with Crippen LogP contribution in [0, 0.1) is 12.7 Å². The quantitative estimate of drug-likeness (QED) is 0.589. The highest BCUT2D eigenvalue weighted by atomic mass is 19.1. The number of anilines is 2. The van der Waals surface area contributed by atoms with Crippen molar-refractivity contribution in [1.82, 2.24) is 9.38 Å². The first kappa shape index (κ1) is 15.7. The summed E-state index contributed by atoms with van der Waals surface area (Å²) in [7, 11) is 1.23. The maximum absolute atomic E-state index is 14.2. The van der Waals surface area contributed by atoms with Crippen molar-refractivity contribution >= 4 is 29.3 Å². The van der Waals surface area contributed by atoms with Gasteiger partial charge in [-0.2, -0.15) is 0 Å². The highest BCUT2D eigenvalue weighted by Crippen LogP contribution is 2.27. The van der Waals surface area contributed by atoms with Crippen molar-refractivity contribution < 1.29 is 18.7 Å². The highest BCUT2D eigenvalue weighted by Gasteiger charge is 2.19. The van der Waals surface area contributed by atoms with E-state index in [2.05, 4.69) is 10.3 Å². The minimum absolute atomic E-state index is 0.102. The Labute approximate surface area is 136 Å². The molecule has 0 atom stereocenters. The summed E-state index contributed by atoms with van der Waals surface area (Å²) in [5.74, 6) is -0.843. The summed E-state index contributed by atoms with van der Waals surface area (Å²) in [6.45, 7) is 1.78. The van der Waals surface area contributed by atoms with Gasteiger partial charge in [0.2, 0.25) is 0 Å². The lowest BCUT2D eigenvalue weighted by molar-refractivity contribution is 0.0601. The van der Waals surface area contributed by atoms with Crippen molar-refractivity contribution in [1.29, 1.82) is 0 Å². The van der Waals surface area contributed by atoms with E-state index in [0.29, 0.717) is 11.8 Å². The average molecular weight is 327 g/mol. The van der Waals surface area contributed by atoms with Gasteiger partial charge in [-0.3, -0.25) is 9.20 Å². The van der Waals surface area contributed by atoms with E-state index >= 15 is 0 Å². The van der Waals surface area contributed by atoms with Gasteiger partial charge in [0.25, 0.3) is 0 Å². The zero-order chi connectivity index (χ0) is 17.3. The second kappa shape index (κ2) is 6.11. The molecule has 122 valence electrons. The summed E-state index contributed by atoms with van der Waals surface area (Å²) in [5.41, 5.74) is 1.84. The summed E-state index contributed by atoms with van der Waals surface area (Å²) < 4.78 is 20.4. The summed E-state index contributed by atoms with van der Waals surface area (Å²) in [5, 5.41) is 2.89. The molecular formula is C17H14FN3O3. The number of methoxy groups -OCH3 is 1. The topological polar surface area (TPSA) is 72.7 Å². The van der Waals surface area contributed by atoms with E-state index in [-0.39, 0.29) is 22.6 Å². The van der Waals surface area contributed by atoms with Crippen LogP contribution >= 0.6 is 0 Å². The molecule has 2 aromatic heterocycles. The first-order valence-corrected chi connectivity index (χ1v) is 7.11. The van der Waals surface area contributed by atoms with E-state index in [1.807, 2.05) is 0 Å². The maximum Gasteiger partial charge on any atom is 0.341 e. The van der Waals surface area contributed by atoms with Gasteiger partial charge < -0.3 is 10.1 Å². The molecule has 0 spiro atoms. The molecule has 0 saturated heterocycles. The number of carbonyl (C=O) groups is 2. The van der Waals surface area contributed by atoms with Crippen LogP contribution in [-0.4, -0.2) is 28.7 Å². The van der Waals surface area contributed by atoms with Gasteiger partial charge >= 0.3 is 5.97 Å². The van der Waals surface area contributed by atoms with E-state index in [1.165, 1.54) is 36.2 Å². The molecule has 7 heteroatoms. The van der Waals surface area contributed by atoms with Gasteiger partial charge in [0.1, 0.15) is 23.5 Å². The molecule has 0 fully saturated rings. The van der Waals surface area contributed by atoms with Crippen molar-refractivity contribution in [2.24, 2.45) is 0 Å². The molecule has 0 amide bonds. The van der Waals surface area contributed by atoms with Crippen LogP contribution in [0.3, 0.4) is 0 Å². The third-order valence-electron chi connectivity index (χ3n) is 3.64. The minimum Gasteiger partial charge on any atom is -0.465 e. The van der Waals surface area contributed by atoms with Crippen LogP contribution in [0.4, 0.5) is 15.9 Å². The fourth-order valence-electron chi connectivity index (χ4n) is 2.45. The Bertz CT molecular complexity index is 950. The number of benzene rings is 1. The number of hydrogen-bond acceptors (Lipinski definition) is 5. The zero-order valence-electron chi connectivity index (χ0n) is 13.0. The summed E-state index contributed by atoms with van der Waals surface area (Å²) >= 11 is 0. The summed E-state index contributed by atoms with van der Waals surface area (Å²) in [4.78, 5) is 27.4. The molecule has 0 radical (unpaired) electrons. The largest absolute Gasteiger partial charge is 0.465 e. The van der Waals surface area contributed by atoms with Gasteiger partial charge in [-0.15, -0.1) is 0 Å². The fraction of sp³-hybridized carbons (Fsp3) is 0.118. The molecule has 6 nitrogen and oxygen atoms in total. The Morgan fingerprint density at radius 2 is 2.17 bits per heavy atom. The van der Waals surface area contributed by atoms with Gasteiger partial charge in [0, 0.05) is 5.56 Å². The number of aryl methyl sites for hydroxylation is 1. The lowest BCUT2D eigenvalue weighted by Gasteiger charge is -2.15. The Balaban J connectivity index is 2.23. The third-order valence-corrected chi connectivity index (χ3v) is 3.64. The molecule has 0 aliphatic heterocycles. The fourth-order valence-corrected chi connectivity index (χ4v) is 2.45. The number of aldehydes is 1. The number of nitrogens with one attached hydrogen (secondary N) is 1. The van der Waals surface area contributed by atoms with E-state index in [1.54, 1.807) is 19.1 Å². The van der Waals surface area contributed by atoms with Crippen LogP contribution < -0.4 is 5.32 Å². The van der Waals surface area contributed by atoms with E-state index < -0.39 is 11.8 Å². The molecule has 3 aromatic rings. The Morgan fingerprint density at radius 3 is 2.83 bits per heavy atom. The van der Waals surface area contributed by atoms with Gasteiger partial charge in [0.05, 0.1) is 24.5 Å². The molecule has 1 N–H and O–H groups in total. The standard InChI is InChI=1S/C17H14FN3O3/c1-10-3-4-14(13(18)5-10)20-16-12(17(23)24-2)6-11(8-22)15-7-19-9-21(15)16/h3-9,20H,1-2H3. The normalized spacial score (nSPS) is 10.6. The number of pyridine rings is 1. The first-order valence-electron chi connectivity index (χ1n) is 7.11. The lowest BCUT2D eigenvalue weighted by atomic mass is 10.1. The predicted octanol–water partition coefficient (Wildman–Crippen LogP) is 3.12. The zero-order valence-corrected chi connectivity index (χ0v) is 13.0. The van der Waals surface area contributed by atoms with Gasteiger partial charge in [0.15, 0.2) is 6.29 Å². The van der Waals surface area contributed by atoms with E-state index in [0.717, 1.165) is 5.56 Å². The molecule has 0 saturated carbocycles. The average Bonchev–Trinajstić information content (AvgIpc) is 3.06. The van der Waals surface area contributed by atoms with Crippen LogP contribution in [0.15, 0.2) is 36.8 Å². The second-order valence-corrected chi connectivity index (χ2v) is 5.23. The number of nitrogens with zero attached hydrogens (tertiary/aromatic N) is 2. The number of rotatable bonds is 4. The third kappa shape index (κ3) is 2.60. The van der Waals surface area contributed by atoms with Crippen molar-refractivity contribution in [3.63, 3.8) is 0 Å². The molecule has 24 heavy (non-hydrogen) atoms. The summed E-state index contributed by atoms with van der Waals surface area (Å²) in [6.07, 6.45) is 3.55. The van der Waals surface area contributed by atoms with Crippen molar-refractivity contribution in [2.45, 2.75) is 6.92 Å². The molecular weight excluding hydrogens is 313 g/mol. The molecule has 1 aromatic carbocycles. The Morgan fingerprint density at radius 1 is 1.38 bits per heavy atom. The predicted molar refractivity (Wildman–Crippen MR) is 86.3 cm³/mol. The van der Waals surface area contributed by atoms with Crippen LogP contribution in [0.25, 0.3) is 5.52 Å². The maximum atomic E-state index is 14.2. The lowest BCUT2D eigenvalue weighted by Crippen LogP contribution is -2.11. The molecule has 0 bridgehead atoms. The number of imidazole rings is 1. The first-order chi connectivity index (χ1) is 11.5. The van der Waals surface area contributed by atoms with Crippen molar-refractivity contribution in [3.8, 4) is 0 Å². The van der Waals surface area contributed by atoms with E-state index in [4.69, 9.17) is 4.74 Å². The highest BCUT2D eigenvalue weighted by molar-refractivity contribution is 6.00. The number of ether oxygens (including phenoxy) is 1. The molecule has 0 aliphatic carbocycles.